The zero-order chi connectivity index (χ0) is 42.9. The van der Waals surface area contributed by atoms with Crippen LogP contribution in [0.15, 0.2) is 53.7 Å². The van der Waals surface area contributed by atoms with Gasteiger partial charge in [0.2, 0.25) is 23.6 Å². The smallest absolute Gasteiger partial charge is 0.264 e. The normalized spacial score (nSPS) is 17.0. The molecule has 5 aromatic rings. The van der Waals surface area contributed by atoms with Crippen LogP contribution in [0, 0.1) is 20.8 Å². The first-order valence-corrected chi connectivity index (χ1v) is 20.9. The maximum Gasteiger partial charge on any atom is 0.264 e. The Kier molecular flexibility index (Phi) is 11.6. The summed E-state index contributed by atoms with van der Waals surface area (Å²) in [6, 6.07) is 10.5. The van der Waals surface area contributed by atoms with Gasteiger partial charge < -0.3 is 16.0 Å². The molecule has 3 aliphatic rings. The molecule has 0 radical (unpaired) electrons. The van der Waals surface area contributed by atoms with Gasteiger partial charge in [0.05, 0.1) is 42.5 Å². The van der Waals surface area contributed by atoms with Crippen LogP contribution in [0.3, 0.4) is 0 Å². The number of fused-ring (bicyclic) bond motifs is 4. The third-order valence-corrected chi connectivity index (χ3v) is 12.3. The quantitative estimate of drug-likeness (QED) is 0.0933. The van der Waals surface area contributed by atoms with E-state index in [2.05, 4.69) is 55.6 Å². The van der Waals surface area contributed by atoms with E-state index in [9.17, 15) is 28.8 Å². The molecule has 18 nitrogen and oxygen atoms in total. The van der Waals surface area contributed by atoms with Crippen molar-refractivity contribution < 1.29 is 28.8 Å². The molecular formula is C41H41ClN12O6S. The van der Waals surface area contributed by atoms with Crippen LogP contribution in [0.1, 0.15) is 97.8 Å². The number of aryl methyl sites for hydroxylation is 3. The number of nitrogens with zero attached hydrogens (tertiary/aromatic N) is 8. The van der Waals surface area contributed by atoms with Gasteiger partial charge in [-0.3, -0.25) is 53.2 Å². The van der Waals surface area contributed by atoms with E-state index in [0.717, 1.165) is 37.2 Å². The van der Waals surface area contributed by atoms with E-state index in [1.165, 1.54) is 6.07 Å². The summed E-state index contributed by atoms with van der Waals surface area (Å²) in [6.45, 7) is 6.97. The average Bonchev–Trinajstić information content (AvgIpc) is 3.97. The lowest BCUT2D eigenvalue weighted by Gasteiger charge is -2.27. The molecule has 3 aliphatic heterocycles. The highest BCUT2D eigenvalue weighted by molar-refractivity contribution is 7.15. The summed E-state index contributed by atoms with van der Waals surface area (Å²) >= 11 is 7.87. The topological polar surface area (TPSA) is 228 Å². The number of carbonyl (C=O) groups is 6. The number of unbranched alkanes of at least 4 members (excludes halogenated alkanes) is 1. The molecule has 4 N–H and O–H groups in total. The number of benzene rings is 2. The van der Waals surface area contributed by atoms with E-state index in [1.807, 2.05) is 35.8 Å². The first-order valence-electron chi connectivity index (χ1n) is 19.7. The van der Waals surface area contributed by atoms with Crippen molar-refractivity contribution in [3.63, 3.8) is 0 Å². The molecule has 0 saturated carbocycles. The summed E-state index contributed by atoms with van der Waals surface area (Å²) in [5.74, 6) is -1.68. The van der Waals surface area contributed by atoms with E-state index in [4.69, 9.17) is 16.6 Å². The lowest BCUT2D eigenvalue weighted by Crippen LogP contribution is -2.54. The van der Waals surface area contributed by atoms with Gasteiger partial charge in [0.1, 0.15) is 28.6 Å². The molecule has 6 heterocycles. The highest BCUT2D eigenvalue weighted by Gasteiger charge is 2.45. The SMILES string of the molecule is Cc1sc2c(c1C)C(c1ccc(Cl)cc1)=N[C@@H](CC(=O)NCc1cn(CCCCNC(=O)CNc3cccc4c3C(=O)N(C3CCC(=O)NC3=O)C4=O)nn1)c1nnc(C)n1-2. The number of thiophene rings is 1. The Balaban J connectivity index is 0.803. The van der Waals surface area contributed by atoms with Crippen molar-refractivity contribution in [1.82, 2.24) is 50.6 Å². The summed E-state index contributed by atoms with van der Waals surface area (Å²) in [7, 11) is 0. The maximum absolute atomic E-state index is 13.4. The number of halogens is 1. The average molecular weight is 865 g/mol. The Morgan fingerprint density at radius 1 is 0.934 bits per heavy atom. The zero-order valence-electron chi connectivity index (χ0n) is 33.5. The second kappa shape index (κ2) is 17.2. The maximum atomic E-state index is 13.4. The second-order valence-corrected chi connectivity index (χ2v) is 16.6. The molecule has 6 amide bonds. The molecule has 61 heavy (non-hydrogen) atoms. The highest BCUT2D eigenvalue weighted by atomic mass is 35.5. The number of carbonyl (C=O) groups excluding carboxylic acids is 6. The van der Waals surface area contributed by atoms with Gasteiger partial charge in [-0.15, -0.1) is 26.6 Å². The number of amides is 6. The Morgan fingerprint density at radius 3 is 2.52 bits per heavy atom. The molecule has 1 fully saturated rings. The number of nitrogens with one attached hydrogen (secondary N) is 4. The number of anilines is 1. The van der Waals surface area contributed by atoms with E-state index in [1.54, 1.807) is 34.3 Å². The number of piperidine rings is 1. The van der Waals surface area contributed by atoms with Gasteiger partial charge in [0, 0.05) is 46.2 Å². The van der Waals surface area contributed by atoms with Crippen LogP contribution in [0.4, 0.5) is 5.69 Å². The predicted octanol–water partition coefficient (Wildman–Crippen LogP) is 3.51. The Hall–Kier alpha value is -6.60. The van der Waals surface area contributed by atoms with Crippen molar-refractivity contribution in [2.75, 3.05) is 18.4 Å². The van der Waals surface area contributed by atoms with Gasteiger partial charge in [-0.05, 0) is 69.9 Å². The number of hydrogen-bond donors (Lipinski definition) is 4. The van der Waals surface area contributed by atoms with Gasteiger partial charge in [0.15, 0.2) is 5.82 Å². The van der Waals surface area contributed by atoms with Crippen LogP contribution in [-0.4, -0.2) is 94.9 Å². The van der Waals surface area contributed by atoms with E-state index in [0.29, 0.717) is 54.0 Å². The lowest BCUT2D eigenvalue weighted by atomic mass is 9.99. The van der Waals surface area contributed by atoms with E-state index < -0.39 is 35.7 Å². The number of hydrogen-bond acceptors (Lipinski definition) is 13. The molecule has 20 heteroatoms. The Bertz CT molecular complexity index is 2630. The molecule has 1 saturated heterocycles. The van der Waals surface area contributed by atoms with Crippen molar-refractivity contribution in [2.24, 2.45) is 4.99 Å². The fraction of sp³-hybridized carbons (Fsp3) is 0.341. The van der Waals surface area contributed by atoms with Gasteiger partial charge in [-0.1, -0.05) is 35.0 Å². The molecule has 2 aromatic carbocycles. The van der Waals surface area contributed by atoms with Crippen molar-refractivity contribution in [3.05, 3.63) is 104 Å². The first kappa shape index (κ1) is 41.1. The molecule has 8 rings (SSSR count). The summed E-state index contributed by atoms with van der Waals surface area (Å²) in [5, 5.41) is 29.7. The second-order valence-electron chi connectivity index (χ2n) is 14.9. The molecule has 2 atom stereocenters. The van der Waals surface area contributed by atoms with E-state index >= 15 is 0 Å². The molecular weight excluding hydrogens is 824 g/mol. The Morgan fingerprint density at radius 2 is 1.74 bits per heavy atom. The van der Waals surface area contributed by atoms with Gasteiger partial charge in [0.25, 0.3) is 11.8 Å². The summed E-state index contributed by atoms with van der Waals surface area (Å²) < 4.78 is 3.68. The fourth-order valence-electron chi connectivity index (χ4n) is 7.63. The summed E-state index contributed by atoms with van der Waals surface area (Å²) in [5.41, 5.74) is 4.82. The number of rotatable bonds is 14. The lowest BCUT2D eigenvalue weighted by molar-refractivity contribution is -0.136. The molecule has 3 aromatic heterocycles. The van der Waals surface area contributed by atoms with Gasteiger partial charge in [-0.25, -0.2) is 0 Å². The third-order valence-electron chi connectivity index (χ3n) is 10.8. The minimum absolute atomic E-state index is 0.0185. The minimum atomic E-state index is -1.08. The predicted molar refractivity (Wildman–Crippen MR) is 224 cm³/mol. The summed E-state index contributed by atoms with van der Waals surface area (Å²) in [6.07, 6.45) is 3.19. The summed E-state index contributed by atoms with van der Waals surface area (Å²) in [4.78, 5) is 83.7. The monoisotopic (exact) mass is 864 g/mol. The first-order chi connectivity index (χ1) is 29.4. The largest absolute Gasteiger partial charge is 0.375 e. The number of aliphatic imine (C=N–C) groups is 1. The van der Waals surface area contributed by atoms with Crippen LogP contribution in [0.2, 0.25) is 5.02 Å². The van der Waals surface area contributed by atoms with Crippen LogP contribution >= 0.6 is 22.9 Å². The van der Waals surface area contributed by atoms with Gasteiger partial charge >= 0.3 is 0 Å². The van der Waals surface area contributed by atoms with Crippen LogP contribution in [0.25, 0.3) is 5.00 Å². The molecule has 0 bridgehead atoms. The molecule has 0 spiro atoms. The van der Waals surface area contributed by atoms with Crippen LogP contribution in [0.5, 0.6) is 0 Å². The standard InChI is InChI=1S/C41H41ClN12O6S/c1-21-22(2)61-41-34(21)36(24-9-11-25(42)12-10-24)46-29(37-50-48-23(3)53(37)41)17-32(56)45-18-26-20-52(51-49-26)16-5-4-15-43-33(57)19-44-28-8-6-7-27-35(28)40(60)54(39(27)59)30-13-14-31(55)47-38(30)58/h6-12,20,29-30,44H,4-5,13-19H2,1-3H3,(H,43,57)(H,45,56)(H,47,55,58)/t29-,30?/m0/s1. The fourth-order valence-corrected chi connectivity index (χ4v) is 8.97. The van der Waals surface area contributed by atoms with Crippen molar-refractivity contribution in [2.45, 2.75) is 78.0 Å². The third kappa shape index (κ3) is 8.30. The number of imide groups is 2. The minimum Gasteiger partial charge on any atom is -0.375 e. The number of aromatic nitrogens is 6. The molecule has 0 aliphatic carbocycles. The van der Waals surface area contributed by atoms with Crippen molar-refractivity contribution >= 4 is 69.8 Å². The van der Waals surface area contributed by atoms with E-state index in [-0.39, 0.29) is 55.3 Å². The van der Waals surface area contributed by atoms with Crippen molar-refractivity contribution in [1.29, 1.82) is 0 Å². The molecule has 1 unspecified atom stereocenters. The zero-order valence-corrected chi connectivity index (χ0v) is 35.0. The Labute approximate surface area is 358 Å². The molecule has 314 valence electrons. The van der Waals surface area contributed by atoms with Gasteiger partial charge in [-0.2, -0.15) is 0 Å². The van der Waals surface area contributed by atoms with Crippen LogP contribution in [-0.2, 0) is 32.3 Å². The van der Waals surface area contributed by atoms with Crippen LogP contribution < -0.4 is 21.3 Å². The van der Waals surface area contributed by atoms with Crippen molar-refractivity contribution in [3.8, 4) is 5.00 Å². The highest BCUT2D eigenvalue weighted by Crippen LogP contribution is 2.40.